The van der Waals surface area contributed by atoms with Gasteiger partial charge >= 0.3 is 0 Å². The molecule has 0 spiro atoms. The monoisotopic (exact) mass is 287 g/mol. The van der Waals surface area contributed by atoms with Crippen LogP contribution in [0.25, 0.3) is 0 Å². The predicted octanol–water partition coefficient (Wildman–Crippen LogP) is 5.10. The number of ether oxygens (including phenoxy) is 1. The van der Waals surface area contributed by atoms with Gasteiger partial charge in [0.05, 0.1) is 6.61 Å². The Balaban J connectivity index is 2.04. The quantitative estimate of drug-likeness (QED) is 0.798. The number of hydrogen-bond acceptors (Lipinski definition) is 2. The predicted molar refractivity (Wildman–Crippen MR) is 85.4 cm³/mol. The van der Waals surface area contributed by atoms with Crippen molar-refractivity contribution in [1.29, 1.82) is 0 Å². The van der Waals surface area contributed by atoms with E-state index in [9.17, 15) is 4.39 Å². The van der Waals surface area contributed by atoms with Crippen LogP contribution in [0.1, 0.15) is 37.4 Å². The first-order chi connectivity index (χ1) is 10.1. The number of anilines is 1. The van der Waals surface area contributed by atoms with Gasteiger partial charge in [0, 0.05) is 11.7 Å². The van der Waals surface area contributed by atoms with Crippen molar-refractivity contribution < 1.29 is 9.13 Å². The lowest BCUT2D eigenvalue weighted by atomic mass is 10.1. The minimum absolute atomic E-state index is 0.103. The molecule has 0 aliphatic rings. The van der Waals surface area contributed by atoms with Gasteiger partial charge in [0.2, 0.25) is 0 Å². The second-order valence-corrected chi connectivity index (χ2v) is 5.30. The summed E-state index contributed by atoms with van der Waals surface area (Å²) in [6, 6.07) is 13.1. The van der Waals surface area contributed by atoms with Crippen molar-refractivity contribution in [1.82, 2.24) is 0 Å². The first-order valence-electron chi connectivity index (χ1n) is 7.35. The van der Waals surface area contributed by atoms with Crippen molar-refractivity contribution >= 4 is 5.69 Å². The second kappa shape index (κ2) is 7.11. The van der Waals surface area contributed by atoms with Crippen LogP contribution < -0.4 is 10.1 Å². The van der Waals surface area contributed by atoms with Gasteiger partial charge in [0.25, 0.3) is 0 Å². The second-order valence-electron chi connectivity index (χ2n) is 5.30. The number of aryl methyl sites for hydroxylation is 1. The third kappa shape index (κ3) is 4.48. The van der Waals surface area contributed by atoms with Gasteiger partial charge in [-0.25, -0.2) is 4.39 Å². The summed E-state index contributed by atoms with van der Waals surface area (Å²) in [4.78, 5) is 0. The molecule has 0 aromatic heterocycles. The smallest absolute Gasteiger partial charge is 0.125 e. The number of rotatable bonds is 6. The van der Waals surface area contributed by atoms with E-state index in [0.29, 0.717) is 0 Å². The highest BCUT2D eigenvalue weighted by atomic mass is 19.1. The standard InChI is InChI=1S/C18H22FNO/c1-4-9-21-18-7-5-15(6-8-18)14(3)20-17-11-13(2)10-16(19)12-17/h5-8,10-12,14,20H,4,9H2,1-3H3. The van der Waals surface area contributed by atoms with Crippen LogP contribution >= 0.6 is 0 Å². The highest BCUT2D eigenvalue weighted by molar-refractivity contribution is 5.48. The van der Waals surface area contributed by atoms with Crippen LogP contribution in [0.4, 0.5) is 10.1 Å². The van der Waals surface area contributed by atoms with Crippen LogP contribution in [0.5, 0.6) is 5.75 Å². The van der Waals surface area contributed by atoms with E-state index in [1.165, 1.54) is 12.1 Å². The number of nitrogens with one attached hydrogen (secondary N) is 1. The summed E-state index contributed by atoms with van der Waals surface area (Å²) in [6.07, 6.45) is 0.999. The first kappa shape index (κ1) is 15.4. The van der Waals surface area contributed by atoms with Crippen molar-refractivity contribution in [2.75, 3.05) is 11.9 Å². The molecule has 0 radical (unpaired) electrons. The molecule has 0 fully saturated rings. The Kier molecular flexibility index (Phi) is 5.20. The van der Waals surface area contributed by atoms with Gasteiger partial charge in [-0.05, 0) is 61.7 Å². The van der Waals surface area contributed by atoms with Crippen molar-refractivity contribution in [2.24, 2.45) is 0 Å². The molecule has 0 amide bonds. The van der Waals surface area contributed by atoms with Crippen LogP contribution in [0.3, 0.4) is 0 Å². The highest BCUT2D eigenvalue weighted by Crippen LogP contribution is 2.23. The maximum absolute atomic E-state index is 13.4. The summed E-state index contributed by atoms with van der Waals surface area (Å²) in [6.45, 7) is 6.76. The topological polar surface area (TPSA) is 21.3 Å². The van der Waals surface area contributed by atoms with Gasteiger partial charge in [-0.3, -0.25) is 0 Å². The molecule has 1 atom stereocenters. The van der Waals surface area contributed by atoms with Crippen LogP contribution in [-0.4, -0.2) is 6.61 Å². The van der Waals surface area contributed by atoms with E-state index in [4.69, 9.17) is 4.74 Å². The van der Waals surface area contributed by atoms with Gasteiger partial charge < -0.3 is 10.1 Å². The Morgan fingerprint density at radius 3 is 2.48 bits per heavy atom. The van der Waals surface area contributed by atoms with E-state index in [-0.39, 0.29) is 11.9 Å². The molecule has 1 unspecified atom stereocenters. The summed E-state index contributed by atoms with van der Waals surface area (Å²) >= 11 is 0. The van der Waals surface area contributed by atoms with Crippen molar-refractivity contribution in [3.8, 4) is 5.75 Å². The van der Waals surface area contributed by atoms with E-state index >= 15 is 0 Å². The van der Waals surface area contributed by atoms with Gasteiger partial charge in [0.15, 0.2) is 0 Å². The van der Waals surface area contributed by atoms with Crippen LogP contribution in [0.2, 0.25) is 0 Å². The summed E-state index contributed by atoms with van der Waals surface area (Å²) < 4.78 is 19.0. The molecule has 2 aromatic carbocycles. The lowest BCUT2D eigenvalue weighted by molar-refractivity contribution is 0.317. The first-order valence-corrected chi connectivity index (χ1v) is 7.35. The van der Waals surface area contributed by atoms with E-state index < -0.39 is 0 Å². The zero-order valence-corrected chi connectivity index (χ0v) is 12.8. The molecule has 1 N–H and O–H groups in total. The van der Waals surface area contributed by atoms with Crippen molar-refractivity contribution in [3.05, 3.63) is 59.4 Å². The molecule has 21 heavy (non-hydrogen) atoms. The molecule has 0 heterocycles. The third-order valence-corrected chi connectivity index (χ3v) is 3.28. The van der Waals surface area contributed by atoms with E-state index in [1.807, 2.05) is 37.3 Å². The Labute approximate surface area is 126 Å². The number of hydrogen-bond donors (Lipinski definition) is 1. The van der Waals surface area contributed by atoms with Crippen molar-refractivity contribution in [3.63, 3.8) is 0 Å². The molecule has 2 aromatic rings. The summed E-state index contributed by atoms with van der Waals surface area (Å²) in [5, 5.41) is 3.32. The van der Waals surface area contributed by atoms with Gasteiger partial charge in [-0.2, -0.15) is 0 Å². The minimum atomic E-state index is -0.215. The fourth-order valence-electron chi connectivity index (χ4n) is 2.23. The summed E-state index contributed by atoms with van der Waals surface area (Å²) in [7, 11) is 0. The largest absolute Gasteiger partial charge is 0.494 e. The highest BCUT2D eigenvalue weighted by Gasteiger charge is 2.07. The molecule has 0 aliphatic carbocycles. The molecular weight excluding hydrogens is 265 g/mol. The van der Waals surface area contributed by atoms with Crippen molar-refractivity contribution in [2.45, 2.75) is 33.2 Å². The molecule has 2 rings (SSSR count). The Morgan fingerprint density at radius 2 is 1.86 bits per heavy atom. The molecule has 2 nitrogen and oxygen atoms in total. The Morgan fingerprint density at radius 1 is 1.14 bits per heavy atom. The molecule has 3 heteroatoms. The molecular formula is C18H22FNO. The maximum atomic E-state index is 13.4. The average Bonchev–Trinajstić information content (AvgIpc) is 2.44. The van der Waals surface area contributed by atoms with Gasteiger partial charge in [0.1, 0.15) is 11.6 Å². The third-order valence-electron chi connectivity index (χ3n) is 3.28. The Hall–Kier alpha value is -2.03. The van der Waals surface area contributed by atoms with Gasteiger partial charge in [-0.15, -0.1) is 0 Å². The Bertz CT molecular complexity index is 560. The number of benzene rings is 2. The van der Waals surface area contributed by atoms with E-state index in [0.717, 1.165) is 35.6 Å². The lowest BCUT2D eigenvalue weighted by Gasteiger charge is -2.17. The van der Waals surface area contributed by atoms with Crippen LogP contribution in [0.15, 0.2) is 42.5 Å². The molecule has 0 saturated heterocycles. The zero-order chi connectivity index (χ0) is 15.2. The average molecular weight is 287 g/mol. The van der Waals surface area contributed by atoms with Crippen LogP contribution in [-0.2, 0) is 0 Å². The van der Waals surface area contributed by atoms with Crippen LogP contribution in [0, 0.1) is 12.7 Å². The molecule has 0 saturated carbocycles. The summed E-state index contributed by atoms with van der Waals surface area (Å²) in [5.41, 5.74) is 2.85. The lowest BCUT2D eigenvalue weighted by Crippen LogP contribution is -2.07. The molecule has 0 aliphatic heterocycles. The fourth-order valence-corrected chi connectivity index (χ4v) is 2.23. The van der Waals surface area contributed by atoms with E-state index in [1.54, 1.807) is 0 Å². The van der Waals surface area contributed by atoms with E-state index in [2.05, 4.69) is 19.2 Å². The fraction of sp³-hybridized carbons (Fsp3) is 0.333. The summed E-state index contributed by atoms with van der Waals surface area (Å²) in [5.74, 6) is 0.669. The normalized spacial score (nSPS) is 12.0. The minimum Gasteiger partial charge on any atom is -0.494 e. The number of halogens is 1. The molecule has 0 bridgehead atoms. The molecule has 112 valence electrons. The maximum Gasteiger partial charge on any atom is 0.125 e. The van der Waals surface area contributed by atoms with Gasteiger partial charge in [-0.1, -0.05) is 19.1 Å². The SMILES string of the molecule is CCCOc1ccc(C(C)Nc2cc(C)cc(F)c2)cc1. The zero-order valence-electron chi connectivity index (χ0n) is 12.8.